The molecule has 2 aromatic rings. The van der Waals surface area contributed by atoms with Gasteiger partial charge < -0.3 is 14.3 Å². The van der Waals surface area contributed by atoms with Crippen molar-refractivity contribution in [2.24, 2.45) is 11.1 Å². The first-order valence-electron chi connectivity index (χ1n) is 8.14. The van der Waals surface area contributed by atoms with E-state index in [1.54, 1.807) is 49.6 Å². The summed E-state index contributed by atoms with van der Waals surface area (Å²) in [6.45, 7) is 0. The molecule has 138 valence electrons. The van der Waals surface area contributed by atoms with Gasteiger partial charge in [-0.2, -0.15) is 0 Å². The van der Waals surface area contributed by atoms with Crippen LogP contribution in [-0.4, -0.2) is 37.8 Å². The van der Waals surface area contributed by atoms with E-state index in [-0.39, 0.29) is 5.91 Å². The standard InChI is InChI=1S/C19H15BrN2O5/c1-25-13-8-3-10(9-14(13)26-2)16-15-17(27-21-16)19(24)22(18(15)23)12-6-4-11(20)5-7-12/h3-9,15,17H,1-2H3. The highest BCUT2D eigenvalue weighted by atomic mass is 79.9. The Morgan fingerprint density at radius 3 is 2.37 bits per heavy atom. The second kappa shape index (κ2) is 6.70. The monoisotopic (exact) mass is 430 g/mol. The zero-order valence-corrected chi connectivity index (χ0v) is 16.1. The highest BCUT2D eigenvalue weighted by Gasteiger charge is 2.56. The number of benzene rings is 2. The second-order valence-corrected chi connectivity index (χ2v) is 6.95. The van der Waals surface area contributed by atoms with Gasteiger partial charge in [0.25, 0.3) is 5.91 Å². The third-order valence-electron chi connectivity index (χ3n) is 4.58. The molecule has 2 aromatic carbocycles. The smallest absolute Gasteiger partial charge is 0.278 e. The summed E-state index contributed by atoms with van der Waals surface area (Å²) in [7, 11) is 3.07. The lowest BCUT2D eigenvalue weighted by Crippen LogP contribution is -2.33. The maximum Gasteiger partial charge on any atom is 0.278 e. The number of nitrogens with zero attached hydrogens (tertiary/aromatic N) is 2. The number of rotatable bonds is 4. The predicted octanol–water partition coefficient (Wildman–Crippen LogP) is 2.76. The van der Waals surface area contributed by atoms with Crippen LogP contribution in [0.1, 0.15) is 5.56 Å². The molecule has 1 saturated heterocycles. The molecular formula is C19H15BrN2O5. The molecular weight excluding hydrogens is 416 g/mol. The Labute approximate surface area is 163 Å². The van der Waals surface area contributed by atoms with Crippen molar-refractivity contribution in [2.75, 3.05) is 19.1 Å². The van der Waals surface area contributed by atoms with Gasteiger partial charge in [0.05, 0.1) is 19.9 Å². The van der Waals surface area contributed by atoms with Crippen LogP contribution < -0.4 is 14.4 Å². The van der Waals surface area contributed by atoms with Gasteiger partial charge in [0.1, 0.15) is 11.6 Å². The van der Waals surface area contributed by atoms with Crippen LogP contribution in [0.25, 0.3) is 0 Å². The summed E-state index contributed by atoms with van der Waals surface area (Å²) in [5.74, 6) is -0.519. The molecule has 8 heteroatoms. The molecule has 0 N–H and O–H groups in total. The van der Waals surface area contributed by atoms with E-state index in [0.29, 0.717) is 28.5 Å². The van der Waals surface area contributed by atoms with Crippen LogP contribution in [0.4, 0.5) is 5.69 Å². The van der Waals surface area contributed by atoms with Crippen molar-refractivity contribution in [3.63, 3.8) is 0 Å². The van der Waals surface area contributed by atoms with Crippen molar-refractivity contribution >= 4 is 39.1 Å². The molecule has 0 spiro atoms. The van der Waals surface area contributed by atoms with E-state index in [0.717, 1.165) is 9.37 Å². The van der Waals surface area contributed by atoms with Gasteiger partial charge in [-0.3, -0.25) is 9.59 Å². The number of oxime groups is 1. The molecule has 0 aliphatic carbocycles. The van der Waals surface area contributed by atoms with Crippen molar-refractivity contribution in [3.8, 4) is 11.5 Å². The first kappa shape index (κ1) is 17.5. The van der Waals surface area contributed by atoms with Crippen molar-refractivity contribution in [1.29, 1.82) is 0 Å². The van der Waals surface area contributed by atoms with Crippen LogP contribution >= 0.6 is 15.9 Å². The van der Waals surface area contributed by atoms with E-state index in [1.165, 1.54) is 7.11 Å². The Morgan fingerprint density at radius 1 is 1.00 bits per heavy atom. The summed E-state index contributed by atoms with van der Waals surface area (Å²) in [5, 5.41) is 4.01. The molecule has 7 nitrogen and oxygen atoms in total. The van der Waals surface area contributed by atoms with Gasteiger partial charge in [-0.1, -0.05) is 21.1 Å². The fourth-order valence-corrected chi connectivity index (χ4v) is 3.52. The molecule has 2 aliphatic rings. The average Bonchev–Trinajstić information content (AvgIpc) is 3.23. The second-order valence-electron chi connectivity index (χ2n) is 6.04. The topological polar surface area (TPSA) is 77.4 Å². The number of ether oxygens (including phenoxy) is 2. The summed E-state index contributed by atoms with van der Waals surface area (Å²) in [5.41, 5.74) is 1.54. The molecule has 0 bridgehead atoms. The Balaban J connectivity index is 1.69. The largest absolute Gasteiger partial charge is 0.493 e. The zero-order chi connectivity index (χ0) is 19.1. The molecule has 2 heterocycles. The Morgan fingerprint density at radius 2 is 1.70 bits per heavy atom. The van der Waals surface area contributed by atoms with Crippen LogP contribution in [0.5, 0.6) is 11.5 Å². The molecule has 2 aliphatic heterocycles. The van der Waals surface area contributed by atoms with Gasteiger partial charge in [0, 0.05) is 10.0 Å². The van der Waals surface area contributed by atoms with E-state index >= 15 is 0 Å². The number of hydrogen-bond acceptors (Lipinski definition) is 6. The fourth-order valence-electron chi connectivity index (χ4n) is 3.26. The normalized spacial score (nSPS) is 21.0. The predicted molar refractivity (Wildman–Crippen MR) is 101 cm³/mol. The lowest BCUT2D eigenvalue weighted by molar-refractivity contribution is -0.126. The first-order valence-corrected chi connectivity index (χ1v) is 8.94. The van der Waals surface area contributed by atoms with Crippen LogP contribution in [0.15, 0.2) is 52.1 Å². The summed E-state index contributed by atoms with van der Waals surface area (Å²) in [4.78, 5) is 32.2. The lowest BCUT2D eigenvalue weighted by Gasteiger charge is -2.15. The number of imide groups is 1. The fraction of sp³-hybridized carbons (Fsp3) is 0.211. The average molecular weight is 431 g/mol. The minimum absolute atomic E-state index is 0.363. The molecule has 2 atom stereocenters. The lowest BCUT2D eigenvalue weighted by atomic mass is 9.94. The maximum absolute atomic E-state index is 13.0. The Hall–Kier alpha value is -2.87. The number of amides is 2. The number of halogens is 1. The van der Waals surface area contributed by atoms with Crippen LogP contribution in [-0.2, 0) is 14.4 Å². The summed E-state index contributed by atoms with van der Waals surface area (Å²) in [6.07, 6.45) is -0.954. The molecule has 0 saturated carbocycles. The van der Waals surface area contributed by atoms with Gasteiger partial charge in [-0.05, 0) is 42.5 Å². The number of methoxy groups -OCH3 is 2. The zero-order valence-electron chi connectivity index (χ0n) is 14.5. The van der Waals surface area contributed by atoms with E-state index in [4.69, 9.17) is 14.3 Å². The van der Waals surface area contributed by atoms with Gasteiger partial charge in [0.2, 0.25) is 12.0 Å². The van der Waals surface area contributed by atoms with Crippen molar-refractivity contribution in [1.82, 2.24) is 0 Å². The van der Waals surface area contributed by atoms with Gasteiger partial charge in [0.15, 0.2) is 11.5 Å². The molecule has 27 heavy (non-hydrogen) atoms. The van der Waals surface area contributed by atoms with Crippen LogP contribution in [0.3, 0.4) is 0 Å². The highest BCUT2D eigenvalue weighted by Crippen LogP contribution is 2.37. The van der Waals surface area contributed by atoms with Gasteiger partial charge >= 0.3 is 0 Å². The third-order valence-corrected chi connectivity index (χ3v) is 5.10. The quantitative estimate of drug-likeness (QED) is 0.696. The number of carbonyl (C=O) groups excluding carboxylic acids is 2. The summed E-state index contributed by atoms with van der Waals surface area (Å²) in [6, 6.07) is 12.1. The number of carbonyl (C=O) groups is 2. The van der Waals surface area contributed by atoms with E-state index in [2.05, 4.69) is 21.1 Å². The molecule has 2 unspecified atom stereocenters. The summed E-state index contributed by atoms with van der Waals surface area (Å²) >= 11 is 3.34. The van der Waals surface area contributed by atoms with Crippen LogP contribution in [0, 0.1) is 5.92 Å². The van der Waals surface area contributed by atoms with E-state index in [1.807, 2.05) is 0 Å². The minimum atomic E-state index is -0.954. The first-order chi connectivity index (χ1) is 13.0. The minimum Gasteiger partial charge on any atom is -0.493 e. The van der Waals surface area contributed by atoms with Crippen molar-refractivity contribution < 1.29 is 23.9 Å². The van der Waals surface area contributed by atoms with Gasteiger partial charge in [-0.15, -0.1) is 0 Å². The number of fused-ring (bicyclic) bond motifs is 1. The number of anilines is 1. The third kappa shape index (κ3) is 2.76. The van der Waals surface area contributed by atoms with Crippen molar-refractivity contribution in [3.05, 3.63) is 52.5 Å². The Kier molecular flexibility index (Phi) is 4.35. The Bertz CT molecular complexity index is 957. The van der Waals surface area contributed by atoms with E-state index in [9.17, 15) is 9.59 Å². The van der Waals surface area contributed by atoms with E-state index < -0.39 is 17.9 Å². The highest BCUT2D eigenvalue weighted by molar-refractivity contribution is 9.10. The molecule has 1 fully saturated rings. The van der Waals surface area contributed by atoms with Gasteiger partial charge in [-0.25, -0.2) is 4.90 Å². The molecule has 2 amide bonds. The summed E-state index contributed by atoms with van der Waals surface area (Å²) < 4.78 is 11.4. The SMILES string of the molecule is COc1ccc(C2=NOC3C(=O)N(c4ccc(Br)cc4)C(=O)C23)cc1OC. The van der Waals surface area contributed by atoms with Crippen molar-refractivity contribution in [2.45, 2.75) is 6.10 Å². The molecule has 0 radical (unpaired) electrons. The molecule has 0 aromatic heterocycles. The number of hydrogen-bond donors (Lipinski definition) is 0. The van der Waals surface area contributed by atoms with Crippen LogP contribution in [0.2, 0.25) is 0 Å². The maximum atomic E-state index is 13.0. The molecule has 4 rings (SSSR count).